The van der Waals surface area contributed by atoms with E-state index in [4.69, 9.17) is 16.3 Å². The first-order chi connectivity index (χ1) is 19.0. The van der Waals surface area contributed by atoms with Crippen molar-refractivity contribution in [1.82, 2.24) is 10.3 Å². The molecular weight excluding hydrogens is 510 g/mol. The van der Waals surface area contributed by atoms with E-state index in [9.17, 15) is 9.59 Å². The third-order valence-electron chi connectivity index (χ3n) is 6.68. The number of fused-ring (bicyclic) bond motifs is 1. The van der Waals surface area contributed by atoms with E-state index >= 15 is 0 Å². The van der Waals surface area contributed by atoms with Gasteiger partial charge in [0.25, 0.3) is 0 Å². The van der Waals surface area contributed by atoms with Gasteiger partial charge in [0, 0.05) is 28.5 Å². The maximum Gasteiger partial charge on any atom is 0.247 e. The molecule has 0 spiro atoms. The van der Waals surface area contributed by atoms with Gasteiger partial charge >= 0.3 is 0 Å². The van der Waals surface area contributed by atoms with Crippen molar-refractivity contribution in [2.45, 2.75) is 18.4 Å². The number of amides is 2. The van der Waals surface area contributed by atoms with Gasteiger partial charge < -0.3 is 20.4 Å². The Kier molecular flexibility index (Phi) is 7.94. The van der Waals surface area contributed by atoms with Crippen molar-refractivity contribution in [2.75, 3.05) is 12.4 Å². The number of aromatic amines is 1. The van der Waals surface area contributed by atoms with E-state index in [1.54, 1.807) is 18.2 Å². The van der Waals surface area contributed by atoms with Crippen LogP contribution >= 0.6 is 11.6 Å². The molecule has 0 bridgehead atoms. The molecule has 5 rings (SSSR count). The zero-order valence-electron chi connectivity index (χ0n) is 21.4. The molecule has 0 saturated heterocycles. The fraction of sp³-hybridized carbons (Fsp3) is 0.125. The van der Waals surface area contributed by atoms with Gasteiger partial charge in [-0.25, -0.2) is 0 Å². The highest BCUT2D eigenvalue weighted by molar-refractivity contribution is 6.31. The molecule has 1 aromatic heterocycles. The van der Waals surface area contributed by atoms with Crippen LogP contribution in [0.3, 0.4) is 0 Å². The predicted molar refractivity (Wildman–Crippen MR) is 155 cm³/mol. The van der Waals surface area contributed by atoms with Gasteiger partial charge in [-0.1, -0.05) is 90.5 Å². The number of hydrogen-bond acceptors (Lipinski definition) is 3. The van der Waals surface area contributed by atoms with Crippen molar-refractivity contribution in [3.8, 4) is 5.75 Å². The summed E-state index contributed by atoms with van der Waals surface area (Å²) in [5.41, 5.74) is 3.98. The van der Waals surface area contributed by atoms with E-state index in [-0.39, 0.29) is 18.2 Å². The van der Waals surface area contributed by atoms with Crippen LogP contribution in [0.2, 0.25) is 5.02 Å². The van der Waals surface area contributed by atoms with Crippen LogP contribution in [0.4, 0.5) is 5.69 Å². The molecule has 0 aliphatic rings. The molecule has 6 nitrogen and oxygen atoms in total. The summed E-state index contributed by atoms with van der Waals surface area (Å²) in [5.74, 6) is -0.776. The second kappa shape index (κ2) is 11.9. The van der Waals surface area contributed by atoms with Crippen molar-refractivity contribution in [2.24, 2.45) is 0 Å². The van der Waals surface area contributed by atoms with Gasteiger partial charge in [0.05, 0.1) is 18.7 Å². The Hall–Kier alpha value is -4.55. The average Bonchev–Trinajstić information content (AvgIpc) is 3.37. The molecule has 0 saturated carbocycles. The molecule has 0 unspecified atom stereocenters. The first kappa shape index (κ1) is 26.1. The minimum atomic E-state index is -0.879. The molecule has 0 aliphatic carbocycles. The molecule has 1 atom stereocenters. The molecule has 7 heteroatoms. The highest BCUT2D eigenvalue weighted by Gasteiger charge is 2.29. The summed E-state index contributed by atoms with van der Waals surface area (Å²) >= 11 is 6.20. The van der Waals surface area contributed by atoms with E-state index in [1.165, 1.54) is 7.11 Å². The minimum Gasteiger partial charge on any atom is -0.495 e. The quantitative estimate of drug-likeness (QED) is 0.205. The van der Waals surface area contributed by atoms with Crippen molar-refractivity contribution in [3.63, 3.8) is 0 Å². The maximum absolute atomic E-state index is 13.9. The van der Waals surface area contributed by atoms with Crippen LogP contribution in [-0.4, -0.2) is 29.9 Å². The van der Waals surface area contributed by atoms with Crippen molar-refractivity contribution in [3.05, 3.63) is 131 Å². The number of nitrogens with one attached hydrogen (secondary N) is 3. The van der Waals surface area contributed by atoms with Gasteiger partial charge in [-0.15, -0.1) is 0 Å². The number of H-pyrrole nitrogens is 1. The number of carbonyl (C=O) groups is 2. The number of anilines is 1. The first-order valence-electron chi connectivity index (χ1n) is 12.6. The van der Waals surface area contributed by atoms with Crippen molar-refractivity contribution >= 4 is 40.0 Å². The lowest BCUT2D eigenvalue weighted by molar-refractivity contribution is -0.126. The Balaban J connectivity index is 1.49. The molecule has 0 radical (unpaired) electrons. The number of rotatable bonds is 9. The average molecular weight is 538 g/mol. The van der Waals surface area contributed by atoms with Crippen molar-refractivity contribution in [1.29, 1.82) is 0 Å². The Morgan fingerprint density at radius 3 is 2.15 bits per heavy atom. The lowest BCUT2D eigenvalue weighted by Gasteiger charge is -2.23. The second-order valence-corrected chi connectivity index (χ2v) is 9.65. The third kappa shape index (κ3) is 5.97. The summed E-state index contributed by atoms with van der Waals surface area (Å²) in [4.78, 5) is 30.9. The number of halogens is 1. The van der Waals surface area contributed by atoms with Gasteiger partial charge in [0.15, 0.2) is 0 Å². The Bertz CT molecular complexity index is 1550. The number of hydrogen-bond donors (Lipinski definition) is 3. The molecule has 1 heterocycles. The summed E-state index contributed by atoms with van der Waals surface area (Å²) < 4.78 is 5.41. The Morgan fingerprint density at radius 1 is 0.846 bits per heavy atom. The number of methoxy groups -OCH3 is 1. The minimum absolute atomic E-state index is 0.273. The molecule has 0 aliphatic heterocycles. The zero-order valence-corrected chi connectivity index (χ0v) is 22.1. The second-order valence-electron chi connectivity index (χ2n) is 9.21. The van der Waals surface area contributed by atoms with E-state index in [0.29, 0.717) is 16.5 Å². The van der Waals surface area contributed by atoms with E-state index < -0.39 is 12.0 Å². The highest BCUT2D eigenvalue weighted by atomic mass is 35.5. The fourth-order valence-electron chi connectivity index (χ4n) is 4.77. The van der Waals surface area contributed by atoms with Crippen LogP contribution in [-0.2, 0) is 16.0 Å². The van der Waals surface area contributed by atoms with Gasteiger partial charge in [-0.2, -0.15) is 0 Å². The normalized spacial score (nSPS) is 11.8. The summed E-state index contributed by atoms with van der Waals surface area (Å²) in [6, 6.07) is 31.1. The Labute approximate surface area is 232 Å². The van der Waals surface area contributed by atoms with Gasteiger partial charge in [0.2, 0.25) is 11.8 Å². The molecule has 39 heavy (non-hydrogen) atoms. The molecule has 2 amide bonds. The van der Waals surface area contributed by atoms with Crippen LogP contribution in [0.5, 0.6) is 5.75 Å². The molecule has 3 N–H and O–H groups in total. The van der Waals surface area contributed by atoms with E-state index in [2.05, 4.69) is 15.6 Å². The molecule has 196 valence electrons. The Morgan fingerprint density at radius 2 is 1.49 bits per heavy atom. The maximum atomic E-state index is 13.9. The van der Waals surface area contributed by atoms with Gasteiger partial charge in [0.1, 0.15) is 11.8 Å². The van der Waals surface area contributed by atoms with Crippen LogP contribution in [0.25, 0.3) is 10.9 Å². The number of carbonyl (C=O) groups excluding carboxylic acids is 2. The third-order valence-corrected chi connectivity index (χ3v) is 6.91. The zero-order chi connectivity index (χ0) is 27.2. The fourth-order valence-corrected chi connectivity index (χ4v) is 4.94. The smallest absolute Gasteiger partial charge is 0.247 e. The van der Waals surface area contributed by atoms with Crippen LogP contribution < -0.4 is 15.4 Å². The number of ether oxygens (including phenoxy) is 1. The summed E-state index contributed by atoms with van der Waals surface area (Å²) in [5, 5.41) is 7.41. The summed E-state index contributed by atoms with van der Waals surface area (Å²) in [6.07, 6.45) is 2.16. The van der Waals surface area contributed by atoms with Crippen LogP contribution in [0, 0.1) is 0 Å². The van der Waals surface area contributed by atoms with E-state index in [1.807, 2.05) is 91.1 Å². The topological polar surface area (TPSA) is 83.2 Å². The highest BCUT2D eigenvalue weighted by Crippen LogP contribution is 2.29. The van der Waals surface area contributed by atoms with E-state index in [0.717, 1.165) is 27.6 Å². The lowest BCUT2D eigenvalue weighted by atomic mass is 9.90. The van der Waals surface area contributed by atoms with Crippen molar-refractivity contribution < 1.29 is 14.3 Å². The predicted octanol–water partition coefficient (Wildman–Crippen LogP) is 6.33. The monoisotopic (exact) mass is 537 g/mol. The largest absolute Gasteiger partial charge is 0.495 e. The van der Waals surface area contributed by atoms with Crippen LogP contribution in [0.15, 0.2) is 109 Å². The summed E-state index contributed by atoms with van der Waals surface area (Å²) in [7, 11) is 1.52. The number of para-hydroxylation sites is 1. The standard InChI is InChI=1S/C32H28ClN3O3/c1-39-29-17-16-24(33)19-27(29)35-31(37)28(18-23-20-34-26-15-9-8-14-25(23)26)36-32(38)30(21-10-4-2-5-11-21)22-12-6-3-7-13-22/h2-17,19-20,28,30,34H,18H2,1H3,(H,35,37)(H,36,38)/t28-/m0/s1. The molecule has 0 fully saturated rings. The number of aromatic nitrogens is 1. The molecular formula is C32H28ClN3O3. The SMILES string of the molecule is COc1ccc(Cl)cc1NC(=O)[C@H](Cc1c[nH]c2ccccc12)NC(=O)C(c1ccccc1)c1ccccc1. The van der Waals surface area contributed by atoms with Gasteiger partial charge in [-0.3, -0.25) is 9.59 Å². The number of benzene rings is 4. The van der Waals surface area contributed by atoms with Gasteiger partial charge in [-0.05, 0) is 41.0 Å². The molecule has 4 aromatic carbocycles. The lowest BCUT2D eigenvalue weighted by Crippen LogP contribution is -2.47. The first-order valence-corrected chi connectivity index (χ1v) is 13.0. The molecule has 5 aromatic rings. The summed E-state index contributed by atoms with van der Waals surface area (Å²) in [6.45, 7) is 0. The van der Waals surface area contributed by atoms with Crippen LogP contribution in [0.1, 0.15) is 22.6 Å².